The summed E-state index contributed by atoms with van der Waals surface area (Å²) in [6.07, 6.45) is 4.30. The van der Waals surface area contributed by atoms with Crippen molar-refractivity contribution in [1.82, 2.24) is 15.3 Å². The monoisotopic (exact) mass is 277 g/mol. The van der Waals surface area contributed by atoms with Crippen molar-refractivity contribution in [3.8, 4) is 5.75 Å². The highest BCUT2D eigenvalue weighted by atomic mass is 19.1. The number of nitrogens with one attached hydrogen (secondary N) is 2. The fourth-order valence-corrected chi connectivity index (χ4v) is 1.66. The normalized spacial score (nSPS) is 10.2. The molecule has 20 heavy (non-hydrogen) atoms. The van der Waals surface area contributed by atoms with Crippen LogP contribution in [0.1, 0.15) is 12.2 Å². The molecule has 6 heteroatoms. The van der Waals surface area contributed by atoms with E-state index >= 15 is 0 Å². The standard InChI is InChI=1S/C14H16FN3O2/c15-11-2-1-3-12(10-11)20-9-5-14(19)18-6-4-13-16-7-8-17-13/h1-3,7-8,10H,4-6,9H2,(H,16,17)(H,18,19). The number of rotatable bonds is 7. The quantitative estimate of drug-likeness (QED) is 0.809. The first-order valence-corrected chi connectivity index (χ1v) is 6.37. The van der Waals surface area contributed by atoms with Crippen molar-refractivity contribution in [2.24, 2.45) is 0 Å². The zero-order chi connectivity index (χ0) is 14.2. The smallest absolute Gasteiger partial charge is 0.223 e. The second kappa shape index (κ2) is 7.28. The van der Waals surface area contributed by atoms with Crippen molar-refractivity contribution >= 4 is 5.91 Å². The Morgan fingerprint density at radius 3 is 3.10 bits per heavy atom. The molecule has 0 aliphatic heterocycles. The molecule has 1 aromatic carbocycles. The highest BCUT2D eigenvalue weighted by molar-refractivity contribution is 5.75. The number of halogens is 1. The molecule has 0 atom stereocenters. The largest absolute Gasteiger partial charge is 0.493 e. The van der Waals surface area contributed by atoms with Gasteiger partial charge in [-0.05, 0) is 12.1 Å². The molecule has 106 valence electrons. The molecule has 0 aliphatic carbocycles. The van der Waals surface area contributed by atoms with Gasteiger partial charge in [-0.25, -0.2) is 9.37 Å². The first-order valence-electron chi connectivity index (χ1n) is 6.37. The maximum atomic E-state index is 12.9. The van der Waals surface area contributed by atoms with Gasteiger partial charge in [0.05, 0.1) is 13.0 Å². The van der Waals surface area contributed by atoms with Crippen LogP contribution in [-0.2, 0) is 11.2 Å². The summed E-state index contributed by atoms with van der Waals surface area (Å²) in [4.78, 5) is 18.5. The number of carbonyl (C=O) groups is 1. The minimum atomic E-state index is -0.356. The maximum Gasteiger partial charge on any atom is 0.223 e. The van der Waals surface area contributed by atoms with Crippen LogP contribution in [-0.4, -0.2) is 29.0 Å². The van der Waals surface area contributed by atoms with Crippen LogP contribution in [0.15, 0.2) is 36.7 Å². The van der Waals surface area contributed by atoms with E-state index in [0.29, 0.717) is 18.7 Å². The van der Waals surface area contributed by atoms with Crippen LogP contribution in [0.5, 0.6) is 5.75 Å². The molecular formula is C14H16FN3O2. The second-order valence-electron chi connectivity index (χ2n) is 4.19. The van der Waals surface area contributed by atoms with Crippen LogP contribution >= 0.6 is 0 Å². The molecule has 0 aliphatic rings. The summed E-state index contributed by atoms with van der Waals surface area (Å²) in [7, 11) is 0. The molecular weight excluding hydrogens is 261 g/mol. The Morgan fingerprint density at radius 1 is 1.45 bits per heavy atom. The second-order valence-corrected chi connectivity index (χ2v) is 4.19. The summed E-state index contributed by atoms with van der Waals surface area (Å²) < 4.78 is 18.2. The third-order valence-electron chi connectivity index (χ3n) is 2.63. The number of amides is 1. The molecule has 0 saturated heterocycles. The minimum absolute atomic E-state index is 0.104. The summed E-state index contributed by atoms with van der Waals surface area (Å²) >= 11 is 0. The first-order chi connectivity index (χ1) is 9.74. The lowest BCUT2D eigenvalue weighted by Crippen LogP contribution is -2.27. The van der Waals surface area contributed by atoms with E-state index in [1.807, 2.05) is 0 Å². The summed E-state index contributed by atoms with van der Waals surface area (Å²) in [6.45, 7) is 0.738. The van der Waals surface area contributed by atoms with Gasteiger partial charge in [-0.15, -0.1) is 0 Å². The van der Waals surface area contributed by atoms with E-state index in [1.54, 1.807) is 24.5 Å². The number of hydrogen-bond acceptors (Lipinski definition) is 3. The van der Waals surface area contributed by atoms with E-state index in [1.165, 1.54) is 12.1 Å². The molecule has 0 bridgehead atoms. The van der Waals surface area contributed by atoms with Crippen LogP contribution in [0.2, 0.25) is 0 Å². The fourth-order valence-electron chi connectivity index (χ4n) is 1.66. The van der Waals surface area contributed by atoms with Crippen LogP contribution in [0.4, 0.5) is 4.39 Å². The number of aromatic nitrogens is 2. The maximum absolute atomic E-state index is 12.9. The van der Waals surface area contributed by atoms with Crippen molar-refractivity contribution in [3.05, 3.63) is 48.3 Å². The van der Waals surface area contributed by atoms with Gasteiger partial charge < -0.3 is 15.0 Å². The average Bonchev–Trinajstić information content (AvgIpc) is 2.92. The third-order valence-corrected chi connectivity index (χ3v) is 2.63. The van der Waals surface area contributed by atoms with E-state index in [0.717, 1.165) is 5.82 Å². The van der Waals surface area contributed by atoms with Crippen molar-refractivity contribution in [3.63, 3.8) is 0 Å². The van der Waals surface area contributed by atoms with Gasteiger partial charge >= 0.3 is 0 Å². The average molecular weight is 277 g/mol. The number of hydrogen-bond donors (Lipinski definition) is 2. The minimum Gasteiger partial charge on any atom is -0.493 e. The molecule has 1 heterocycles. The van der Waals surface area contributed by atoms with Crippen LogP contribution in [0.25, 0.3) is 0 Å². The number of aromatic amines is 1. The number of carbonyl (C=O) groups excluding carboxylic acids is 1. The van der Waals surface area contributed by atoms with Crippen LogP contribution < -0.4 is 10.1 Å². The molecule has 2 rings (SSSR count). The number of imidazole rings is 1. The Balaban J connectivity index is 1.60. The van der Waals surface area contributed by atoms with Gasteiger partial charge in [0.2, 0.25) is 5.91 Å². The van der Waals surface area contributed by atoms with Gasteiger partial charge in [-0.3, -0.25) is 4.79 Å². The number of H-pyrrole nitrogens is 1. The fraction of sp³-hybridized carbons (Fsp3) is 0.286. The molecule has 5 nitrogen and oxygen atoms in total. The van der Waals surface area contributed by atoms with Gasteiger partial charge in [-0.2, -0.15) is 0 Å². The van der Waals surface area contributed by atoms with Gasteiger partial charge in [0.1, 0.15) is 17.4 Å². The van der Waals surface area contributed by atoms with E-state index in [9.17, 15) is 9.18 Å². The molecule has 1 amide bonds. The summed E-state index contributed by atoms with van der Waals surface area (Å²) in [5.74, 6) is 0.799. The summed E-state index contributed by atoms with van der Waals surface area (Å²) in [5, 5.41) is 2.77. The number of ether oxygens (including phenoxy) is 1. The van der Waals surface area contributed by atoms with Crippen LogP contribution in [0.3, 0.4) is 0 Å². The predicted octanol–water partition coefficient (Wildman–Crippen LogP) is 1.68. The van der Waals surface area contributed by atoms with Crippen molar-refractivity contribution in [2.75, 3.05) is 13.2 Å². The van der Waals surface area contributed by atoms with Gasteiger partial charge in [0.15, 0.2) is 0 Å². The zero-order valence-electron chi connectivity index (χ0n) is 10.9. The molecule has 2 N–H and O–H groups in total. The Bertz CT molecular complexity index is 543. The third kappa shape index (κ3) is 4.72. The molecule has 0 unspecified atom stereocenters. The van der Waals surface area contributed by atoms with Gasteiger partial charge in [-0.1, -0.05) is 6.07 Å². The Hall–Kier alpha value is -2.37. The first kappa shape index (κ1) is 14.0. The van der Waals surface area contributed by atoms with Gasteiger partial charge in [0.25, 0.3) is 0 Å². The Labute approximate surface area is 116 Å². The zero-order valence-corrected chi connectivity index (χ0v) is 10.9. The molecule has 0 spiro atoms. The molecule has 1 aromatic heterocycles. The van der Waals surface area contributed by atoms with E-state index in [2.05, 4.69) is 15.3 Å². The Kier molecular flexibility index (Phi) is 5.11. The lowest BCUT2D eigenvalue weighted by atomic mass is 10.3. The molecule has 0 fully saturated rings. The van der Waals surface area contributed by atoms with E-state index < -0.39 is 0 Å². The predicted molar refractivity (Wildman–Crippen MR) is 71.8 cm³/mol. The molecule has 0 radical (unpaired) electrons. The van der Waals surface area contributed by atoms with Crippen molar-refractivity contribution < 1.29 is 13.9 Å². The van der Waals surface area contributed by atoms with Crippen molar-refractivity contribution in [2.45, 2.75) is 12.8 Å². The van der Waals surface area contributed by atoms with E-state index in [-0.39, 0.29) is 24.8 Å². The summed E-state index contributed by atoms with van der Waals surface area (Å²) in [6, 6.07) is 5.84. The SMILES string of the molecule is O=C(CCOc1cccc(F)c1)NCCc1ncc[nH]1. The summed E-state index contributed by atoms with van der Waals surface area (Å²) in [5.41, 5.74) is 0. The Morgan fingerprint density at radius 2 is 2.35 bits per heavy atom. The highest BCUT2D eigenvalue weighted by Crippen LogP contribution is 2.11. The number of benzene rings is 1. The van der Waals surface area contributed by atoms with Crippen LogP contribution in [0, 0.1) is 5.82 Å². The number of nitrogens with zero attached hydrogens (tertiary/aromatic N) is 1. The topological polar surface area (TPSA) is 67.0 Å². The molecule has 0 saturated carbocycles. The van der Waals surface area contributed by atoms with Crippen molar-refractivity contribution in [1.29, 1.82) is 0 Å². The van der Waals surface area contributed by atoms with Gasteiger partial charge in [0, 0.05) is 31.4 Å². The lowest BCUT2D eigenvalue weighted by Gasteiger charge is -2.06. The molecule has 2 aromatic rings. The van der Waals surface area contributed by atoms with E-state index in [4.69, 9.17) is 4.74 Å². The lowest BCUT2D eigenvalue weighted by molar-refractivity contribution is -0.121. The highest BCUT2D eigenvalue weighted by Gasteiger charge is 2.03.